The van der Waals surface area contributed by atoms with Gasteiger partial charge in [0.15, 0.2) is 10.8 Å². The molecule has 1 aliphatic heterocycles. The predicted molar refractivity (Wildman–Crippen MR) is 104 cm³/mol. The molecule has 10 heteroatoms. The van der Waals surface area contributed by atoms with Gasteiger partial charge in [0.25, 0.3) is 0 Å². The number of hydrogen-bond donors (Lipinski definition) is 1. The summed E-state index contributed by atoms with van der Waals surface area (Å²) in [4.78, 5) is 16.9. The monoisotopic (exact) mass is 426 g/mol. The lowest BCUT2D eigenvalue weighted by Crippen LogP contribution is -2.01. The zero-order valence-electron chi connectivity index (χ0n) is 15.2. The summed E-state index contributed by atoms with van der Waals surface area (Å²) in [5.41, 5.74) is 1.39. The first-order chi connectivity index (χ1) is 14.5. The number of ether oxygens (including phenoxy) is 1. The molecule has 2 aromatic carbocycles. The molecule has 0 saturated carbocycles. The van der Waals surface area contributed by atoms with Crippen molar-refractivity contribution in [1.29, 1.82) is 0 Å². The average Bonchev–Trinajstić information content (AvgIpc) is 3.32. The molecule has 5 rings (SSSR count). The highest BCUT2D eigenvalue weighted by molar-refractivity contribution is 7.15. The van der Waals surface area contributed by atoms with E-state index in [-0.39, 0.29) is 11.3 Å². The summed E-state index contributed by atoms with van der Waals surface area (Å²) in [6, 6.07) is 7.86. The summed E-state index contributed by atoms with van der Waals surface area (Å²) in [5, 5.41) is 17.7. The minimum atomic E-state index is -1.05. The molecule has 7 nitrogen and oxygen atoms in total. The second-order valence-corrected chi connectivity index (χ2v) is 7.61. The van der Waals surface area contributed by atoms with Crippen LogP contribution in [0.25, 0.3) is 27.8 Å². The van der Waals surface area contributed by atoms with Crippen molar-refractivity contribution in [2.75, 3.05) is 6.61 Å². The van der Waals surface area contributed by atoms with Crippen molar-refractivity contribution in [3.63, 3.8) is 0 Å². The van der Waals surface area contributed by atoms with E-state index in [1.807, 2.05) is 0 Å². The molecule has 3 heterocycles. The van der Waals surface area contributed by atoms with Crippen molar-refractivity contribution in [2.24, 2.45) is 0 Å². The fourth-order valence-electron chi connectivity index (χ4n) is 3.29. The van der Waals surface area contributed by atoms with E-state index in [4.69, 9.17) is 4.74 Å². The van der Waals surface area contributed by atoms with Gasteiger partial charge in [0, 0.05) is 22.9 Å². The normalized spacial score (nSPS) is 12.6. The van der Waals surface area contributed by atoms with Gasteiger partial charge in [0.05, 0.1) is 23.6 Å². The summed E-state index contributed by atoms with van der Waals surface area (Å²) >= 11 is 1.34. The molecular formula is C20H12F2N4O3S. The molecule has 0 saturated heterocycles. The quantitative estimate of drug-likeness (QED) is 0.533. The van der Waals surface area contributed by atoms with Crippen molar-refractivity contribution >= 4 is 17.3 Å². The zero-order valence-corrected chi connectivity index (χ0v) is 16.0. The predicted octanol–water partition coefficient (Wildman–Crippen LogP) is 3.97. The fourth-order valence-corrected chi connectivity index (χ4v) is 4.33. The van der Waals surface area contributed by atoms with Gasteiger partial charge in [0.2, 0.25) is 0 Å². The number of carboxylic acid groups (broad SMARTS) is 1. The molecule has 150 valence electrons. The third-order valence-electron chi connectivity index (χ3n) is 4.67. The van der Waals surface area contributed by atoms with Crippen LogP contribution in [-0.2, 0) is 6.42 Å². The van der Waals surface area contributed by atoms with Crippen LogP contribution in [0.2, 0.25) is 0 Å². The van der Waals surface area contributed by atoms with Crippen molar-refractivity contribution in [1.82, 2.24) is 19.7 Å². The van der Waals surface area contributed by atoms with Crippen molar-refractivity contribution in [3.05, 3.63) is 64.8 Å². The minimum absolute atomic E-state index is 0.0960. The Bertz CT molecular complexity index is 1300. The molecule has 0 unspecified atom stereocenters. The number of nitrogens with zero attached hydrogens (tertiary/aromatic N) is 4. The van der Waals surface area contributed by atoms with Crippen LogP contribution in [0.5, 0.6) is 5.75 Å². The van der Waals surface area contributed by atoms with Crippen LogP contribution in [0.1, 0.15) is 15.2 Å². The largest absolute Gasteiger partial charge is 0.493 e. The Morgan fingerprint density at radius 1 is 1.20 bits per heavy atom. The molecule has 4 aromatic rings. The van der Waals surface area contributed by atoms with E-state index < -0.39 is 17.6 Å². The maximum absolute atomic E-state index is 14.3. The molecule has 0 fully saturated rings. The summed E-state index contributed by atoms with van der Waals surface area (Å²) in [6.45, 7) is 0.410. The van der Waals surface area contributed by atoms with E-state index in [1.54, 1.807) is 6.07 Å². The van der Waals surface area contributed by atoms with Gasteiger partial charge < -0.3 is 9.84 Å². The molecule has 1 aliphatic rings. The van der Waals surface area contributed by atoms with Gasteiger partial charge in [-0.15, -0.1) is 21.5 Å². The number of aromatic carboxylic acids is 1. The number of halogens is 2. The van der Waals surface area contributed by atoms with Gasteiger partial charge >= 0.3 is 5.97 Å². The Labute approximate surface area is 172 Å². The number of aromatic nitrogens is 4. The molecule has 0 spiro atoms. The van der Waals surface area contributed by atoms with Crippen LogP contribution in [0.15, 0.2) is 42.7 Å². The summed E-state index contributed by atoms with van der Waals surface area (Å²) in [7, 11) is 0. The van der Waals surface area contributed by atoms with Crippen LogP contribution in [0.4, 0.5) is 8.78 Å². The molecular weight excluding hydrogens is 414 g/mol. The van der Waals surface area contributed by atoms with Crippen LogP contribution in [0.3, 0.4) is 0 Å². The Kier molecular flexibility index (Phi) is 4.28. The Balaban J connectivity index is 1.64. The van der Waals surface area contributed by atoms with Crippen LogP contribution in [0, 0.1) is 11.6 Å². The van der Waals surface area contributed by atoms with Crippen molar-refractivity contribution < 1.29 is 23.4 Å². The SMILES string of the molecule is O=C(O)c1ccc2c(c1)-c1nc(-c3nncn3-c3ccc(F)cc3F)sc1CCO2. The van der Waals surface area contributed by atoms with Gasteiger partial charge in [0.1, 0.15) is 23.7 Å². The molecule has 2 aromatic heterocycles. The lowest BCUT2D eigenvalue weighted by atomic mass is 10.1. The Hall–Kier alpha value is -3.66. The molecule has 30 heavy (non-hydrogen) atoms. The van der Waals surface area contributed by atoms with E-state index >= 15 is 0 Å². The maximum Gasteiger partial charge on any atom is 0.335 e. The molecule has 0 bridgehead atoms. The van der Waals surface area contributed by atoms with Crippen molar-refractivity contribution in [2.45, 2.75) is 6.42 Å². The van der Waals surface area contributed by atoms with Gasteiger partial charge in [-0.3, -0.25) is 4.57 Å². The average molecular weight is 426 g/mol. The molecule has 0 radical (unpaired) electrons. The first-order valence-electron chi connectivity index (χ1n) is 8.87. The van der Waals surface area contributed by atoms with E-state index in [9.17, 15) is 18.7 Å². The summed E-state index contributed by atoms with van der Waals surface area (Å²) < 4.78 is 34.7. The third-order valence-corrected chi connectivity index (χ3v) is 5.79. The minimum Gasteiger partial charge on any atom is -0.493 e. The van der Waals surface area contributed by atoms with E-state index in [1.165, 1.54) is 40.4 Å². The van der Waals surface area contributed by atoms with E-state index in [0.717, 1.165) is 17.0 Å². The topological polar surface area (TPSA) is 90.1 Å². The standard InChI is InChI=1S/C20H12F2N4O3S/c21-11-2-3-14(13(22)8-11)26-9-23-25-18(26)19-24-17-12-7-10(20(27)28)1-4-15(12)29-6-5-16(17)30-19/h1-4,7-9H,5-6H2,(H,27,28). The Morgan fingerprint density at radius 3 is 2.87 bits per heavy atom. The molecule has 0 amide bonds. The first kappa shape index (κ1) is 18.4. The number of rotatable bonds is 3. The first-order valence-corrected chi connectivity index (χ1v) is 9.69. The lowest BCUT2D eigenvalue weighted by Gasteiger charge is -2.08. The number of fused-ring (bicyclic) bond motifs is 3. The highest BCUT2D eigenvalue weighted by atomic mass is 32.1. The number of thiazole rings is 1. The van der Waals surface area contributed by atoms with Gasteiger partial charge in [-0.2, -0.15) is 0 Å². The zero-order chi connectivity index (χ0) is 20.8. The Morgan fingerprint density at radius 2 is 2.07 bits per heavy atom. The molecule has 0 aliphatic carbocycles. The summed E-state index contributed by atoms with van der Waals surface area (Å²) in [5.74, 6) is -1.64. The van der Waals surface area contributed by atoms with Gasteiger partial charge in [-0.1, -0.05) is 0 Å². The van der Waals surface area contributed by atoms with Crippen LogP contribution in [-0.4, -0.2) is 37.4 Å². The fraction of sp³-hybridized carbons (Fsp3) is 0.100. The van der Waals surface area contributed by atoms with Gasteiger partial charge in [-0.25, -0.2) is 18.6 Å². The highest BCUT2D eigenvalue weighted by Crippen LogP contribution is 2.40. The van der Waals surface area contributed by atoms with E-state index in [2.05, 4.69) is 15.2 Å². The summed E-state index contributed by atoms with van der Waals surface area (Å²) in [6.07, 6.45) is 1.90. The highest BCUT2D eigenvalue weighted by Gasteiger charge is 2.24. The third kappa shape index (κ3) is 3.01. The van der Waals surface area contributed by atoms with Gasteiger partial charge in [-0.05, 0) is 30.3 Å². The smallest absolute Gasteiger partial charge is 0.335 e. The number of benzene rings is 2. The number of hydrogen-bond acceptors (Lipinski definition) is 6. The second-order valence-electron chi connectivity index (χ2n) is 6.53. The van der Waals surface area contributed by atoms with Crippen LogP contribution < -0.4 is 4.74 Å². The second kappa shape index (κ2) is 6.99. The maximum atomic E-state index is 14.3. The molecule has 1 N–H and O–H groups in total. The van der Waals surface area contributed by atoms with Crippen LogP contribution >= 0.6 is 11.3 Å². The lowest BCUT2D eigenvalue weighted by molar-refractivity contribution is 0.0697. The number of carboxylic acids is 1. The van der Waals surface area contributed by atoms with E-state index in [0.29, 0.717) is 40.9 Å². The van der Waals surface area contributed by atoms with Crippen molar-refractivity contribution in [3.8, 4) is 33.5 Å². The molecule has 0 atom stereocenters. The number of carbonyl (C=O) groups is 1.